The van der Waals surface area contributed by atoms with E-state index >= 15 is 0 Å². The van der Waals surface area contributed by atoms with Crippen LogP contribution in [0.4, 0.5) is 0 Å². The van der Waals surface area contributed by atoms with Crippen LogP contribution in [0.15, 0.2) is 48.6 Å². The van der Waals surface area contributed by atoms with Gasteiger partial charge in [0.05, 0.1) is 12.2 Å². The Balaban J connectivity index is 1.90. The minimum absolute atomic E-state index is 0.256. The normalized spacial score (nSPS) is 21.3. The molecule has 1 heterocycles. The summed E-state index contributed by atoms with van der Waals surface area (Å²) < 4.78 is 5.48. The van der Waals surface area contributed by atoms with Crippen molar-refractivity contribution in [1.29, 1.82) is 0 Å². The van der Waals surface area contributed by atoms with Crippen molar-refractivity contribution >= 4 is 5.97 Å². The summed E-state index contributed by atoms with van der Waals surface area (Å²) in [5.74, 6) is -0.717. The van der Waals surface area contributed by atoms with Gasteiger partial charge in [-0.1, -0.05) is 55.5 Å². The first-order valence-electron chi connectivity index (χ1n) is 8.71. The lowest BCUT2D eigenvalue weighted by Crippen LogP contribution is -1.92. The van der Waals surface area contributed by atoms with Crippen LogP contribution < -0.4 is 0 Å². The molecule has 0 saturated carbocycles. The SMILES string of the molecule is CC[C@@H]1O[C@@H]1C/C=C/C/C=C/C/C=C/C/C=C/CCCC(=O)O. The van der Waals surface area contributed by atoms with Crippen LogP contribution in [0.2, 0.25) is 0 Å². The highest BCUT2D eigenvalue weighted by Crippen LogP contribution is 2.28. The average molecular weight is 318 g/mol. The number of carbonyl (C=O) groups is 1. The van der Waals surface area contributed by atoms with Gasteiger partial charge in [-0.15, -0.1) is 0 Å². The Kier molecular flexibility index (Phi) is 10.9. The van der Waals surface area contributed by atoms with Gasteiger partial charge >= 0.3 is 5.97 Å². The predicted octanol–water partition coefficient (Wildman–Crippen LogP) is 5.20. The van der Waals surface area contributed by atoms with Crippen molar-refractivity contribution in [2.24, 2.45) is 0 Å². The maximum Gasteiger partial charge on any atom is 0.303 e. The maximum absolute atomic E-state index is 10.3. The van der Waals surface area contributed by atoms with Crippen LogP contribution in [0.1, 0.15) is 58.3 Å². The second-order valence-corrected chi connectivity index (χ2v) is 5.74. The molecule has 0 bridgehead atoms. The van der Waals surface area contributed by atoms with E-state index < -0.39 is 5.97 Å². The van der Waals surface area contributed by atoms with Gasteiger partial charge in [0, 0.05) is 6.42 Å². The fourth-order valence-corrected chi connectivity index (χ4v) is 2.28. The molecule has 0 aliphatic carbocycles. The molecule has 1 saturated heterocycles. The molecule has 23 heavy (non-hydrogen) atoms. The van der Waals surface area contributed by atoms with Crippen LogP contribution in [-0.4, -0.2) is 23.3 Å². The fourth-order valence-electron chi connectivity index (χ4n) is 2.28. The zero-order valence-electron chi connectivity index (χ0n) is 14.2. The second-order valence-electron chi connectivity index (χ2n) is 5.74. The van der Waals surface area contributed by atoms with E-state index in [1.54, 1.807) is 0 Å². The van der Waals surface area contributed by atoms with Gasteiger partial charge in [0.25, 0.3) is 0 Å². The molecule has 1 aliphatic rings. The highest BCUT2D eigenvalue weighted by Gasteiger charge is 2.35. The van der Waals surface area contributed by atoms with E-state index in [2.05, 4.69) is 55.5 Å². The topological polar surface area (TPSA) is 49.8 Å². The van der Waals surface area contributed by atoms with Crippen LogP contribution in [0.3, 0.4) is 0 Å². The van der Waals surface area contributed by atoms with E-state index in [4.69, 9.17) is 9.84 Å². The summed E-state index contributed by atoms with van der Waals surface area (Å²) >= 11 is 0. The van der Waals surface area contributed by atoms with E-state index in [-0.39, 0.29) is 6.42 Å². The molecule has 0 amide bonds. The zero-order valence-corrected chi connectivity index (χ0v) is 14.2. The summed E-state index contributed by atoms with van der Waals surface area (Å²) in [6.07, 6.45) is 25.1. The van der Waals surface area contributed by atoms with E-state index in [1.807, 2.05) is 0 Å². The van der Waals surface area contributed by atoms with Gasteiger partial charge in [0.2, 0.25) is 0 Å². The summed E-state index contributed by atoms with van der Waals surface area (Å²) in [5.41, 5.74) is 0. The van der Waals surface area contributed by atoms with E-state index in [9.17, 15) is 4.79 Å². The van der Waals surface area contributed by atoms with Crippen molar-refractivity contribution in [3.8, 4) is 0 Å². The number of unbranched alkanes of at least 4 members (excludes halogenated alkanes) is 1. The van der Waals surface area contributed by atoms with Gasteiger partial charge in [-0.2, -0.15) is 0 Å². The number of ether oxygens (including phenoxy) is 1. The molecule has 0 aromatic rings. The van der Waals surface area contributed by atoms with E-state index in [0.29, 0.717) is 12.2 Å². The number of carboxylic acids is 1. The fraction of sp³-hybridized carbons (Fsp3) is 0.550. The van der Waals surface area contributed by atoms with Gasteiger partial charge in [0.1, 0.15) is 0 Å². The van der Waals surface area contributed by atoms with Gasteiger partial charge < -0.3 is 9.84 Å². The number of aliphatic carboxylic acids is 1. The third-order valence-corrected chi connectivity index (χ3v) is 3.70. The molecule has 1 fully saturated rings. The standard InChI is InChI=1S/C20H30O3/c1-2-18-19(23-18)16-14-12-10-8-6-4-3-5-7-9-11-13-15-17-20(21)22/h3,5-6,8-9,11-12,14,18-19H,2,4,7,10,13,15-17H2,1H3,(H,21,22)/b5-3+,8-6+,11-9+,14-12+/t18-,19+/m0/s1. The van der Waals surface area contributed by atoms with Crippen molar-refractivity contribution in [2.75, 3.05) is 0 Å². The Labute approximate surface area is 140 Å². The van der Waals surface area contributed by atoms with Crippen LogP contribution >= 0.6 is 0 Å². The molecular weight excluding hydrogens is 288 g/mol. The lowest BCUT2D eigenvalue weighted by atomic mass is 10.2. The van der Waals surface area contributed by atoms with Gasteiger partial charge in [-0.3, -0.25) is 4.79 Å². The van der Waals surface area contributed by atoms with Crippen LogP contribution in [0, 0.1) is 0 Å². The molecule has 3 nitrogen and oxygen atoms in total. The summed E-state index contributed by atoms with van der Waals surface area (Å²) in [6.45, 7) is 2.17. The molecule has 128 valence electrons. The Morgan fingerprint density at radius 2 is 1.48 bits per heavy atom. The molecule has 0 aromatic heterocycles. The first kappa shape index (κ1) is 19.4. The van der Waals surface area contributed by atoms with Gasteiger partial charge in [0.15, 0.2) is 0 Å². The Morgan fingerprint density at radius 3 is 2.00 bits per heavy atom. The van der Waals surface area contributed by atoms with Gasteiger partial charge in [-0.25, -0.2) is 0 Å². The number of epoxide rings is 1. The third-order valence-electron chi connectivity index (χ3n) is 3.70. The first-order valence-corrected chi connectivity index (χ1v) is 8.71. The van der Waals surface area contributed by atoms with Gasteiger partial charge in [-0.05, 0) is 44.9 Å². The summed E-state index contributed by atoms with van der Waals surface area (Å²) in [5, 5.41) is 8.50. The molecule has 3 heteroatoms. The van der Waals surface area contributed by atoms with E-state index in [0.717, 1.165) is 44.9 Å². The largest absolute Gasteiger partial charge is 0.481 e. The molecule has 0 unspecified atom stereocenters. The summed E-state index contributed by atoms with van der Waals surface area (Å²) in [7, 11) is 0. The average Bonchev–Trinajstić information content (AvgIpc) is 3.29. The number of carboxylic acid groups (broad SMARTS) is 1. The van der Waals surface area contributed by atoms with Crippen molar-refractivity contribution in [3.05, 3.63) is 48.6 Å². The number of hydrogen-bond donors (Lipinski definition) is 1. The minimum Gasteiger partial charge on any atom is -0.481 e. The molecule has 1 rings (SSSR count). The monoisotopic (exact) mass is 318 g/mol. The number of rotatable bonds is 13. The molecule has 1 aliphatic heterocycles. The highest BCUT2D eigenvalue weighted by molar-refractivity contribution is 5.66. The minimum atomic E-state index is -0.717. The second kappa shape index (κ2) is 12.9. The molecule has 0 spiro atoms. The summed E-state index contributed by atoms with van der Waals surface area (Å²) in [4.78, 5) is 10.3. The smallest absolute Gasteiger partial charge is 0.303 e. The molecular formula is C20H30O3. The zero-order chi connectivity index (χ0) is 16.8. The van der Waals surface area contributed by atoms with Crippen LogP contribution in [-0.2, 0) is 9.53 Å². The van der Waals surface area contributed by atoms with Crippen molar-refractivity contribution in [3.63, 3.8) is 0 Å². The number of hydrogen-bond acceptors (Lipinski definition) is 2. The Morgan fingerprint density at radius 1 is 0.913 bits per heavy atom. The summed E-state index contributed by atoms with van der Waals surface area (Å²) in [6, 6.07) is 0. The third kappa shape index (κ3) is 11.6. The first-order chi connectivity index (χ1) is 11.2. The maximum atomic E-state index is 10.3. The lowest BCUT2D eigenvalue weighted by Gasteiger charge is -1.90. The van der Waals surface area contributed by atoms with E-state index in [1.165, 1.54) is 0 Å². The molecule has 1 N–H and O–H groups in total. The predicted molar refractivity (Wildman–Crippen MR) is 95.5 cm³/mol. The quantitative estimate of drug-likeness (QED) is 0.288. The molecule has 2 atom stereocenters. The van der Waals surface area contributed by atoms with Crippen LogP contribution in [0.25, 0.3) is 0 Å². The van der Waals surface area contributed by atoms with Crippen molar-refractivity contribution < 1.29 is 14.6 Å². The number of allylic oxidation sites excluding steroid dienone is 7. The van der Waals surface area contributed by atoms with Crippen molar-refractivity contribution in [1.82, 2.24) is 0 Å². The lowest BCUT2D eigenvalue weighted by molar-refractivity contribution is -0.137. The molecule has 0 aromatic carbocycles. The highest BCUT2D eigenvalue weighted by atomic mass is 16.6. The van der Waals surface area contributed by atoms with Crippen LogP contribution in [0.5, 0.6) is 0 Å². The molecule has 0 radical (unpaired) electrons. The van der Waals surface area contributed by atoms with Crippen molar-refractivity contribution in [2.45, 2.75) is 70.5 Å². The Hall–Kier alpha value is -1.61. The Bertz CT molecular complexity index is 432.